The Morgan fingerprint density at radius 1 is 1.08 bits per heavy atom. The van der Waals surface area contributed by atoms with E-state index in [2.05, 4.69) is 10.6 Å². The van der Waals surface area contributed by atoms with E-state index in [1.165, 1.54) is 7.05 Å². The maximum atomic E-state index is 12.6. The summed E-state index contributed by atoms with van der Waals surface area (Å²) in [7, 11) is 1.52. The van der Waals surface area contributed by atoms with Gasteiger partial charge in [-0.15, -0.1) is 0 Å². The molecule has 2 atom stereocenters. The van der Waals surface area contributed by atoms with Gasteiger partial charge >= 0.3 is 0 Å². The summed E-state index contributed by atoms with van der Waals surface area (Å²) in [5, 5.41) is 14.0. The zero-order valence-corrected chi connectivity index (χ0v) is 15.6. The number of amides is 3. The number of likely N-dealkylation sites (N-methyl/N-ethyl adjacent to an activating group) is 1. The molecule has 0 aromatic heterocycles. The Kier molecular flexibility index (Phi) is 9.36. The van der Waals surface area contributed by atoms with Gasteiger partial charge in [0.2, 0.25) is 17.7 Å². The smallest absolute Gasteiger partial charge is 0.244 e. The Labute approximate surface area is 154 Å². The molecule has 26 heavy (non-hydrogen) atoms. The first-order valence-corrected chi connectivity index (χ1v) is 8.86. The maximum absolute atomic E-state index is 12.6. The molecule has 7 heteroatoms. The zero-order valence-electron chi connectivity index (χ0n) is 15.6. The fraction of sp³-hybridized carbons (Fsp3) is 0.526. The van der Waals surface area contributed by atoms with Gasteiger partial charge in [-0.2, -0.15) is 0 Å². The predicted octanol–water partition coefficient (Wildman–Crippen LogP) is 1.41. The second-order valence-electron chi connectivity index (χ2n) is 6.77. The Morgan fingerprint density at radius 2 is 1.73 bits per heavy atom. The second-order valence-corrected chi connectivity index (χ2v) is 6.77. The molecule has 4 N–H and O–H groups in total. The van der Waals surface area contributed by atoms with Gasteiger partial charge in [0.1, 0.15) is 6.04 Å². The minimum absolute atomic E-state index is 0.125. The summed E-state index contributed by atoms with van der Waals surface area (Å²) in [4.78, 5) is 36.2. The standard InChI is InChI=1S/C19H29N3O4/c1-13(2)11-15(12-17(23)22-26)18(24)21-16(19(25)20-3)10-9-14-7-5-4-6-8-14/h4-8,13,15-16,26H,9-12H2,1-3H3,(H,20,25)(H,21,24)(H,22,23)/t15-,16+/m1/s1. The highest BCUT2D eigenvalue weighted by molar-refractivity contribution is 5.90. The second kappa shape index (κ2) is 11.3. The molecule has 0 spiro atoms. The van der Waals surface area contributed by atoms with Crippen molar-refractivity contribution in [3.05, 3.63) is 35.9 Å². The number of benzene rings is 1. The van der Waals surface area contributed by atoms with Crippen molar-refractivity contribution in [3.8, 4) is 0 Å². The van der Waals surface area contributed by atoms with Crippen molar-refractivity contribution in [2.45, 2.75) is 45.6 Å². The number of nitrogens with one attached hydrogen (secondary N) is 3. The van der Waals surface area contributed by atoms with Crippen LogP contribution in [0.5, 0.6) is 0 Å². The van der Waals surface area contributed by atoms with Crippen LogP contribution in [0.1, 0.15) is 38.7 Å². The highest BCUT2D eigenvalue weighted by atomic mass is 16.5. The predicted molar refractivity (Wildman–Crippen MR) is 98.3 cm³/mol. The largest absolute Gasteiger partial charge is 0.357 e. The molecule has 0 saturated heterocycles. The maximum Gasteiger partial charge on any atom is 0.244 e. The van der Waals surface area contributed by atoms with Crippen molar-refractivity contribution in [3.63, 3.8) is 0 Å². The van der Waals surface area contributed by atoms with Crippen molar-refractivity contribution in [2.75, 3.05) is 7.05 Å². The topological polar surface area (TPSA) is 108 Å². The van der Waals surface area contributed by atoms with Crippen molar-refractivity contribution in [2.24, 2.45) is 11.8 Å². The van der Waals surface area contributed by atoms with Gasteiger partial charge in [-0.25, -0.2) is 5.48 Å². The number of hydrogen-bond donors (Lipinski definition) is 4. The molecular weight excluding hydrogens is 334 g/mol. The Bertz CT molecular complexity index is 590. The van der Waals surface area contributed by atoms with Crippen LogP contribution in [-0.2, 0) is 20.8 Å². The summed E-state index contributed by atoms with van der Waals surface area (Å²) < 4.78 is 0. The quantitative estimate of drug-likeness (QED) is 0.372. The number of carbonyl (C=O) groups excluding carboxylic acids is 3. The lowest BCUT2D eigenvalue weighted by Crippen LogP contribution is -2.48. The monoisotopic (exact) mass is 363 g/mol. The van der Waals surface area contributed by atoms with Crippen molar-refractivity contribution < 1.29 is 19.6 Å². The van der Waals surface area contributed by atoms with Gasteiger partial charge in [0, 0.05) is 19.4 Å². The molecule has 0 aliphatic rings. The normalized spacial score (nSPS) is 13.0. The third-order valence-electron chi connectivity index (χ3n) is 4.13. The lowest BCUT2D eigenvalue weighted by atomic mass is 9.92. The fourth-order valence-corrected chi connectivity index (χ4v) is 2.81. The fourth-order valence-electron chi connectivity index (χ4n) is 2.81. The Balaban J connectivity index is 2.77. The Hall–Kier alpha value is -2.41. The number of hydrogen-bond acceptors (Lipinski definition) is 4. The van der Waals surface area contributed by atoms with Crippen molar-refractivity contribution >= 4 is 17.7 Å². The summed E-state index contributed by atoms with van der Waals surface area (Å²) in [5.74, 6) is -1.66. The molecule has 144 valence electrons. The van der Waals surface area contributed by atoms with Crippen LogP contribution in [0.2, 0.25) is 0 Å². The lowest BCUT2D eigenvalue weighted by Gasteiger charge is -2.22. The van der Waals surface area contributed by atoms with Crippen LogP contribution in [0.25, 0.3) is 0 Å². The molecule has 3 amide bonds. The van der Waals surface area contributed by atoms with Crippen LogP contribution >= 0.6 is 0 Å². The van der Waals surface area contributed by atoms with Gasteiger partial charge in [0.15, 0.2) is 0 Å². The van der Waals surface area contributed by atoms with E-state index in [0.29, 0.717) is 19.3 Å². The van der Waals surface area contributed by atoms with Crippen LogP contribution in [0, 0.1) is 11.8 Å². The minimum atomic E-state index is -0.681. The first-order chi connectivity index (χ1) is 12.4. The summed E-state index contributed by atoms with van der Waals surface area (Å²) >= 11 is 0. The summed E-state index contributed by atoms with van der Waals surface area (Å²) in [6.07, 6.45) is 1.46. The summed E-state index contributed by atoms with van der Waals surface area (Å²) in [6.45, 7) is 3.89. The van der Waals surface area contributed by atoms with Crippen molar-refractivity contribution in [1.82, 2.24) is 16.1 Å². The van der Waals surface area contributed by atoms with Gasteiger partial charge in [0.05, 0.1) is 0 Å². The first-order valence-electron chi connectivity index (χ1n) is 8.86. The molecule has 0 bridgehead atoms. The van der Waals surface area contributed by atoms with Gasteiger partial charge in [-0.05, 0) is 30.7 Å². The molecule has 0 fully saturated rings. The molecule has 0 aliphatic carbocycles. The van der Waals surface area contributed by atoms with Crippen molar-refractivity contribution in [1.29, 1.82) is 0 Å². The number of rotatable bonds is 10. The van der Waals surface area contributed by atoms with E-state index in [0.717, 1.165) is 5.56 Å². The molecular formula is C19H29N3O4. The summed E-state index contributed by atoms with van der Waals surface area (Å²) in [6, 6.07) is 9.03. The molecule has 0 unspecified atom stereocenters. The number of carbonyl (C=O) groups is 3. The minimum Gasteiger partial charge on any atom is -0.357 e. The van der Waals surface area contributed by atoms with E-state index in [1.807, 2.05) is 44.2 Å². The average molecular weight is 363 g/mol. The molecule has 0 radical (unpaired) electrons. The lowest BCUT2D eigenvalue weighted by molar-refractivity contribution is -0.136. The van der Waals surface area contributed by atoms with E-state index < -0.39 is 17.9 Å². The van der Waals surface area contributed by atoms with E-state index >= 15 is 0 Å². The Morgan fingerprint density at radius 3 is 2.27 bits per heavy atom. The van der Waals surface area contributed by atoms with E-state index in [1.54, 1.807) is 5.48 Å². The van der Waals surface area contributed by atoms with Crippen LogP contribution < -0.4 is 16.1 Å². The first kappa shape index (κ1) is 21.6. The van der Waals surface area contributed by atoms with Gasteiger partial charge < -0.3 is 10.6 Å². The molecule has 7 nitrogen and oxygen atoms in total. The highest BCUT2D eigenvalue weighted by Crippen LogP contribution is 2.17. The third-order valence-corrected chi connectivity index (χ3v) is 4.13. The zero-order chi connectivity index (χ0) is 19.5. The highest BCUT2D eigenvalue weighted by Gasteiger charge is 2.27. The van der Waals surface area contributed by atoms with E-state index in [9.17, 15) is 14.4 Å². The van der Waals surface area contributed by atoms with Crippen LogP contribution in [0.4, 0.5) is 0 Å². The van der Waals surface area contributed by atoms with Gasteiger partial charge in [-0.1, -0.05) is 44.2 Å². The number of aryl methyl sites for hydroxylation is 1. The molecule has 0 heterocycles. The van der Waals surface area contributed by atoms with E-state index in [4.69, 9.17) is 5.21 Å². The number of hydroxylamine groups is 1. The van der Waals surface area contributed by atoms with Crippen LogP contribution in [0.15, 0.2) is 30.3 Å². The van der Waals surface area contributed by atoms with E-state index in [-0.39, 0.29) is 24.2 Å². The molecule has 1 rings (SSSR count). The third kappa shape index (κ3) is 7.65. The summed E-state index contributed by atoms with van der Waals surface area (Å²) in [5.41, 5.74) is 2.64. The molecule has 0 saturated carbocycles. The molecule has 1 aromatic carbocycles. The van der Waals surface area contributed by atoms with Crippen LogP contribution in [0.3, 0.4) is 0 Å². The molecule has 1 aromatic rings. The van der Waals surface area contributed by atoms with Gasteiger partial charge in [-0.3, -0.25) is 19.6 Å². The molecule has 0 aliphatic heterocycles. The van der Waals surface area contributed by atoms with Crippen LogP contribution in [-0.4, -0.2) is 36.0 Å². The average Bonchev–Trinajstić information content (AvgIpc) is 2.63. The SMILES string of the molecule is CNC(=O)[C@H](CCc1ccccc1)NC(=O)[C@@H](CC(=O)NO)CC(C)C. The van der Waals surface area contributed by atoms with Gasteiger partial charge in [0.25, 0.3) is 0 Å².